The van der Waals surface area contributed by atoms with Gasteiger partial charge in [0.05, 0.1) is 13.7 Å². The third-order valence-corrected chi connectivity index (χ3v) is 5.13. The Balaban J connectivity index is 1.45. The quantitative estimate of drug-likeness (QED) is 0.786. The molecule has 1 saturated carbocycles. The first-order valence-corrected chi connectivity index (χ1v) is 9.36. The summed E-state index contributed by atoms with van der Waals surface area (Å²) in [5, 5.41) is 5.93. The van der Waals surface area contributed by atoms with Gasteiger partial charge in [0.15, 0.2) is 0 Å². The smallest absolute Gasteiger partial charge is 0.319 e. The molecule has 1 aliphatic carbocycles. The summed E-state index contributed by atoms with van der Waals surface area (Å²) in [6.45, 7) is 3.75. The number of methoxy groups -OCH3 is 1. The largest absolute Gasteiger partial charge is 0.468 e. The predicted octanol–water partition coefficient (Wildman–Crippen LogP) is 2.05. The summed E-state index contributed by atoms with van der Waals surface area (Å²) in [5.41, 5.74) is 1.93. The minimum absolute atomic E-state index is 0.124. The van der Waals surface area contributed by atoms with Crippen LogP contribution in [-0.2, 0) is 9.53 Å². The highest BCUT2D eigenvalue weighted by Gasteiger charge is 2.20. The van der Waals surface area contributed by atoms with Crippen LogP contribution in [0.4, 0.5) is 16.2 Å². The Labute approximate surface area is 154 Å². The summed E-state index contributed by atoms with van der Waals surface area (Å²) in [5.74, 6) is -0.190. The van der Waals surface area contributed by atoms with E-state index in [1.165, 1.54) is 20.0 Å². The number of piperazine rings is 1. The molecule has 3 rings (SSSR count). The van der Waals surface area contributed by atoms with Crippen LogP contribution < -0.4 is 15.5 Å². The molecule has 1 aromatic rings. The van der Waals surface area contributed by atoms with Gasteiger partial charge in [-0.3, -0.25) is 9.69 Å². The molecule has 2 fully saturated rings. The van der Waals surface area contributed by atoms with Crippen molar-refractivity contribution in [3.8, 4) is 0 Å². The lowest BCUT2D eigenvalue weighted by Crippen LogP contribution is -2.48. The third kappa shape index (κ3) is 5.11. The number of esters is 1. The zero-order chi connectivity index (χ0) is 18.4. The van der Waals surface area contributed by atoms with Crippen LogP contribution in [0.15, 0.2) is 24.3 Å². The van der Waals surface area contributed by atoms with E-state index in [4.69, 9.17) is 4.74 Å². The minimum Gasteiger partial charge on any atom is -0.468 e. The number of urea groups is 1. The van der Waals surface area contributed by atoms with Gasteiger partial charge in [0, 0.05) is 43.6 Å². The van der Waals surface area contributed by atoms with Gasteiger partial charge in [-0.05, 0) is 37.1 Å². The molecule has 7 nitrogen and oxygen atoms in total. The van der Waals surface area contributed by atoms with E-state index in [0.29, 0.717) is 12.6 Å². The zero-order valence-corrected chi connectivity index (χ0v) is 15.4. The molecular weight excluding hydrogens is 332 g/mol. The van der Waals surface area contributed by atoms with Crippen molar-refractivity contribution in [2.24, 2.45) is 0 Å². The van der Waals surface area contributed by atoms with Crippen LogP contribution in [0.3, 0.4) is 0 Å². The van der Waals surface area contributed by atoms with Crippen LogP contribution in [0.1, 0.15) is 25.7 Å². The molecule has 1 saturated heterocycles. The predicted molar refractivity (Wildman–Crippen MR) is 102 cm³/mol. The van der Waals surface area contributed by atoms with Gasteiger partial charge in [-0.2, -0.15) is 0 Å². The van der Waals surface area contributed by atoms with Gasteiger partial charge in [0.1, 0.15) is 0 Å². The first-order chi connectivity index (χ1) is 12.6. The van der Waals surface area contributed by atoms with E-state index in [1.54, 1.807) is 0 Å². The van der Waals surface area contributed by atoms with Crippen molar-refractivity contribution in [2.75, 3.05) is 50.1 Å². The molecule has 0 unspecified atom stereocenters. The number of nitrogens with zero attached hydrogens (tertiary/aromatic N) is 2. The molecule has 1 aromatic carbocycles. The number of ether oxygens (including phenoxy) is 1. The number of carbonyl (C=O) groups is 2. The molecular formula is C19H28N4O3. The molecule has 0 spiro atoms. The van der Waals surface area contributed by atoms with Crippen molar-refractivity contribution in [1.82, 2.24) is 10.2 Å². The van der Waals surface area contributed by atoms with Gasteiger partial charge in [-0.25, -0.2) is 4.79 Å². The summed E-state index contributed by atoms with van der Waals surface area (Å²) in [6.07, 6.45) is 4.56. The van der Waals surface area contributed by atoms with E-state index in [0.717, 1.165) is 50.4 Å². The maximum absolute atomic E-state index is 12.0. The van der Waals surface area contributed by atoms with Gasteiger partial charge in [0.25, 0.3) is 0 Å². The lowest BCUT2D eigenvalue weighted by molar-refractivity contribution is -0.142. The highest BCUT2D eigenvalue weighted by Crippen LogP contribution is 2.20. The molecule has 0 atom stereocenters. The fourth-order valence-electron chi connectivity index (χ4n) is 3.59. The Morgan fingerprint density at radius 3 is 2.35 bits per heavy atom. The monoisotopic (exact) mass is 360 g/mol. The molecule has 26 heavy (non-hydrogen) atoms. The lowest BCUT2D eigenvalue weighted by atomic mass is 10.2. The number of nitrogens with one attached hydrogen (secondary N) is 2. The molecule has 0 bridgehead atoms. The highest BCUT2D eigenvalue weighted by atomic mass is 16.5. The summed E-state index contributed by atoms with van der Waals surface area (Å²) in [7, 11) is 1.42. The number of hydrogen-bond donors (Lipinski definition) is 2. The van der Waals surface area contributed by atoms with E-state index in [9.17, 15) is 9.59 Å². The van der Waals surface area contributed by atoms with Crippen molar-refractivity contribution in [3.63, 3.8) is 0 Å². The third-order valence-electron chi connectivity index (χ3n) is 5.13. The normalized spacial score (nSPS) is 18.6. The number of amides is 2. The van der Waals surface area contributed by atoms with E-state index in [1.807, 2.05) is 24.3 Å². The number of rotatable bonds is 5. The van der Waals surface area contributed by atoms with Crippen LogP contribution >= 0.6 is 0 Å². The first kappa shape index (κ1) is 18.5. The molecule has 2 aliphatic rings. The van der Waals surface area contributed by atoms with Crippen molar-refractivity contribution >= 4 is 23.4 Å². The van der Waals surface area contributed by atoms with E-state index >= 15 is 0 Å². The number of carbonyl (C=O) groups excluding carboxylic acids is 2. The fraction of sp³-hybridized carbons (Fsp3) is 0.579. The average Bonchev–Trinajstić information content (AvgIpc) is 3.16. The van der Waals surface area contributed by atoms with E-state index < -0.39 is 0 Å². The van der Waals surface area contributed by atoms with Gasteiger partial charge < -0.3 is 20.3 Å². The Morgan fingerprint density at radius 1 is 1.08 bits per heavy atom. The maximum atomic E-state index is 12.0. The Kier molecular flexibility index (Phi) is 6.33. The molecule has 0 aromatic heterocycles. The molecule has 2 amide bonds. The average molecular weight is 360 g/mol. The van der Waals surface area contributed by atoms with E-state index in [2.05, 4.69) is 20.4 Å². The Bertz CT molecular complexity index is 606. The second kappa shape index (κ2) is 8.89. The van der Waals surface area contributed by atoms with Gasteiger partial charge in [-0.1, -0.05) is 12.8 Å². The van der Waals surface area contributed by atoms with Gasteiger partial charge in [0.2, 0.25) is 0 Å². The molecule has 1 heterocycles. The SMILES string of the molecule is COC(=O)CN1CCN(c2ccc(NC(=O)NC3CCCC3)cc2)CC1. The van der Waals surface area contributed by atoms with Crippen molar-refractivity contribution in [2.45, 2.75) is 31.7 Å². The number of hydrogen-bond acceptors (Lipinski definition) is 5. The Morgan fingerprint density at radius 2 is 1.73 bits per heavy atom. The van der Waals surface area contributed by atoms with Crippen molar-refractivity contribution in [3.05, 3.63) is 24.3 Å². The van der Waals surface area contributed by atoms with Crippen molar-refractivity contribution in [1.29, 1.82) is 0 Å². The highest BCUT2D eigenvalue weighted by molar-refractivity contribution is 5.89. The van der Waals surface area contributed by atoms with Crippen LogP contribution in [0.5, 0.6) is 0 Å². The molecule has 1 aliphatic heterocycles. The van der Waals surface area contributed by atoms with Crippen LogP contribution in [0.25, 0.3) is 0 Å². The van der Waals surface area contributed by atoms with Crippen LogP contribution in [0, 0.1) is 0 Å². The Hall–Kier alpha value is -2.28. The first-order valence-electron chi connectivity index (χ1n) is 9.36. The molecule has 2 N–H and O–H groups in total. The summed E-state index contributed by atoms with van der Waals surface area (Å²) in [6, 6.07) is 8.12. The standard InChI is InChI=1S/C19H28N4O3/c1-26-18(24)14-22-10-12-23(13-11-22)17-8-6-16(7-9-17)21-19(25)20-15-4-2-3-5-15/h6-9,15H,2-5,10-14H2,1H3,(H2,20,21,25). The maximum Gasteiger partial charge on any atom is 0.319 e. The van der Waals surface area contributed by atoms with Gasteiger partial charge >= 0.3 is 12.0 Å². The lowest BCUT2D eigenvalue weighted by Gasteiger charge is -2.35. The second-order valence-electron chi connectivity index (χ2n) is 6.97. The summed E-state index contributed by atoms with van der Waals surface area (Å²) in [4.78, 5) is 27.8. The molecule has 7 heteroatoms. The summed E-state index contributed by atoms with van der Waals surface area (Å²) < 4.78 is 4.72. The fourth-order valence-corrected chi connectivity index (χ4v) is 3.59. The van der Waals surface area contributed by atoms with Gasteiger partial charge in [-0.15, -0.1) is 0 Å². The minimum atomic E-state index is -0.190. The zero-order valence-electron chi connectivity index (χ0n) is 15.4. The molecule has 142 valence electrons. The second-order valence-corrected chi connectivity index (χ2v) is 6.97. The van der Waals surface area contributed by atoms with E-state index in [-0.39, 0.29) is 12.0 Å². The topological polar surface area (TPSA) is 73.9 Å². The van der Waals surface area contributed by atoms with Crippen LogP contribution in [-0.4, -0.2) is 62.8 Å². The number of benzene rings is 1. The summed E-state index contributed by atoms with van der Waals surface area (Å²) >= 11 is 0. The van der Waals surface area contributed by atoms with Crippen molar-refractivity contribution < 1.29 is 14.3 Å². The number of anilines is 2. The molecule has 0 radical (unpaired) electrons. The van der Waals surface area contributed by atoms with Crippen LogP contribution in [0.2, 0.25) is 0 Å².